The zero-order valence-corrected chi connectivity index (χ0v) is 22.3. The number of hydrogen-bond donors (Lipinski definition) is 0. The van der Waals surface area contributed by atoms with Crippen LogP contribution in [0.2, 0.25) is 0 Å². The minimum absolute atomic E-state index is 0. The van der Waals surface area contributed by atoms with E-state index in [9.17, 15) is 14.4 Å². The molecule has 0 N–H and O–H groups in total. The number of imide groups is 1. The summed E-state index contributed by atoms with van der Waals surface area (Å²) in [6.45, 7) is 4.20. The minimum Gasteiger partial charge on any atom is -0.379 e. The lowest BCUT2D eigenvalue weighted by Gasteiger charge is -2.29. The lowest BCUT2D eigenvalue weighted by molar-refractivity contribution is -0.121. The summed E-state index contributed by atoms with van der Waals surface area (Å²) >= 11 is 3.12. The topological polar surface area (TPSA) is 83.0 Å². The van der Waals surface area contributed by atoms with E-state index in [1.165, 1.54) is 16.2 Å². The first kappa shape index (κ1) is 26.6. The predicted molar refractivity (Wildman–Crippen MR) is 146 cm³/mol. The molecular formula is C25H27ClN4O4S2. The summed E-state index contributed by atoms with van der Waals surface area (Å²) in [6, 6.07) is 12.8. The quantitative estimate of drug-likeness (QED) is 0.326. The third-order valence-electron chi connectivity index (χ3n) is 6.21. The van der Waals surface area contributed by atoms with Crippen LogP contribution in [0, 0.1) is 0 Å². The SMILES string of the molecule is CSc1cccc2sc(N(CCN3CCOCC3)C(=O)c3cccc(N4C(=O)CCC4=O)c3)nc12.Cl. The van der Waals surface area contributed by atoms with Gasteiger partial charge in [-0.1, -0.05) is 23.5 Å². The fourth-order valence-corrected chi connectivity index (χ4v) is 5.99. The molecule has 0 atom stereocenters. The number of carbonyl (C=O) groups is 3. The third kappa shape index (κ3) is 5.42. The Kier molecular flexibility index (Phi) is 8.63. The van der Waals surface area contributed by atoms with E-state index in [0.29, 0.717) is 42.7 Å². The Balaban J connectivity index is 0.00000304. The molecule has 5 rings (SSSR count). The van der Waals surface area contributed by atoms with Crippen molar-refractivity contribution < 1.29 is 19.1 Å². The van der Waals surface area contributed by atoms with Crippen molar-refractivity contribution in [1.82, 2.24) is 9.88 Å². The van der Waals surface area contributed by atoms with E-state index in [0.717, 1.165) is 28.2 Å². The summed E-state index contributed by atoms with van der Waals surface area (Å²) in [5, 5.41) is 0.637. The number of hydrogen-bond acceptors (Lipinski definition) is 8. The Hall–Kier alpha value is -2.50. The number of benzene rings is 2. The molecule has 0 unspecified atom stereocenters. The van der Waals surface area contributed by atoms with E-state index in [1.54, 1.807) is 40.9 Å². The van der Waals surface area contributed by atoms with Crippen molar-refractivity contribution in [2.75, 3.05) is 55.4 Å². The second-order valence-electron chi connectivity index (χ2n) is 8.39. The maximum atomic E-state index is 13.8. The van der Waals surface area contributed by atoms with E-state index >= 15 is 0 Å². The molecule has 0 bridgehead atoms. The Morgan fingerprint density at radius 3 is 2.56 bits per heavy atom. The highest BCUT2D eigenvalue weighted by molar-refractivity contribution is 7.98. The fraction of sp³-hybridized carbons (Fsp3) is 0.360. The molecule has 2 saturated heterocycles. The van der Waals surface area contributed by atoms with Crippen LogP contribution in [0.1, 0.15) is 23.2 Å². The molecule has 36 heavy (non-hydrogen) atoms. The number of thioether (sulfide) groups is 1. The first-order valence-electron chi connectivity index (χ1n) is 11.6. The molecular weight excluding hydrogens is 520 g/mol. The second-order valence-corrected chi connectivity index (χ2v) is 10.2. The van der Waals surface area contributed by atoms with Gasteiger partial charge in [0, 0.05) is 49.5 Å². The van der Waals surface area contributed by atoms with E-state index in [2.05, 4.69) is 4.90 Å². The van der Waals surface area contributed by atoms with Crippen molar-refractivity contribution >= 4 is 74.3 Å². The highest BCUT2D eigenvalue weighted by atomic mass is 35.5. The molecule has 2 fully saturated rings. The molecule has 0 radical (unpaired) electrons. The van der Waals surface area contributed by atoms with Gasteiger partial charge in [0.25, 0.3) is 5.91 Å². The number of nitrogens with zero attached hydrogens (tertiary/aromatic N) is 4. The smallest absolute Gasteiger partial charge is 0.260 e. The third-order valence-corrected chi connectivity index (χ3v) is 8.03. The molecule has 3 amide bonds. The molecule has 2 aliphatic rings. The van der Waals surface area contributed by atoms with E-state index in [1.807, 2.05) is 24.5 Å². The number of carbonyl (C=O) groups excluding carboxylic acids is 3. The van der Waals surface area contributed by atoms with Gasteiger partial charge in [-0.3, -0.25) is 29.1 Å². The Labute approximate surface area is 224 Å². The van der Waals surface area contributed by atoms with Gasteiger partial charge in [0.1, 0.15) is 0 Å². The summed E-state index contributed by atoms with van der Waals surface area (Å²) in [7, 11) is 0. The average Bonchev–Trinajstić information content (AvgIpc) is 3.47. The van der Waals surface area contributed by atoms with Gasteiger partial charge in [-0.2, -0.15) is 0 Å². The normalized spacial score (nSPS) is 16.4. The maximum Gasteiger partial charge on any atom is 0.260 e. The monoisotopic (exact) mass is 546 g/mol. The van der Waals surface area contributed by atoms with Crippen molar-refractivity contribution in [2.45, 2.75) is 17.7 Å². The average molecular weight is 547 g/mol. The van der Waals surface area contributed by atoms with Gasteiger partial charge in [0.05, 0.1) is 29.1 Å². The Bertz CT molecular complexity index is 1260. The van der Waals surface area contributed by atoms with Crippen LogP contribution in [0.3, 0.4) is 0 Å². The fourth-order valence-electron chi connectivity index (χ4n) is 4.34. The van der Waals surface area contributed by atoms with Crippen LogP contribution in [-0.2, 0) is 14.3 Å². The maximum absolute atomic E-state index is 13.8. The number of morpholine rings is 1. The number of amides is 3. The van der Waals surface area contributed by atoms with Gasteiger partial charge in [0.15, 0.2) is 5.13 Å². The van der Waals surface area contributed by atoms with E-state index < -0.39 is 0 Å². The molecule has 2 aromatic carbocycles. The van der Waals surface area contributed by atoms with Crippen molar-refractivity contribution in [2.24, 2.45) is 0 Å². The van der Waals surface area contributed by atoms with Gasteiger partial charge in [-0.25, -0.2) is 4.98 Å². The van der Waals surface area contributed by atoms with Crippen molar-refractivity contribution in [1.29, 1.82) is 0 Å². The molecule has 2 aliphatic heterocycles. The van der Waals surface area contributed by atoms with Crippen LogP contribution < -0.4 is 9.80 Å². The lowest BCUT2D eigenvalue weighted by atomic mass is 10.1. The largest absolute Gasteiger partial charge is 0.379 e. The number of thiazole rings is 1. The number of aromatic nitrogens is 1. The van der Waals surface area contributed by atoms with Crippen LogP contribution in [0.15, 0.2) is 47.4 Å². The number of halogens is 1. The van der Waals surface area contributed by atoms with E-state index in [-0.39, 0.29) is 43.0 Å². The molecule has 1 aromatic heterocycles. The first-order chi connectivity index (χ1) is 17.0. The lowest BCUT2D eigenvalue weighted by Crippen LogP contribution is -2.43. The van der Waals surface area contributed by atoms with Gasteiger partial charge in [0.2, 0.25) is 11.8 Å². The minimum atomic E-state index is -0.237. The predicted octanol–water partition coefficient (Wildman–Crippen LogP) is 4.07. The van der Waals surface area contributed by atoms with Gasteiger partial charge in [-0.15, -0.1) is 24.2 Å². The molecule has 190 valence electrons. The first-order valence-corrected chi connectivity index (χ1v) is 13.6. The van der Waals surface area contributed by atoms with Crippen LogP contribution in [0.25, 0.3) is 10.2 Å². The van der Waals surface area contributed by atoms with Gasteiger partial charge >= 0.3 is 0 Å². The van der Waals surface area contributed by atoms with Crippen molar-refractivity contribution in [3.63, 3.8) is 0 Å². The van der Waals surface area contributed by atoms with Crippen molar-refractivity contribution in [3.8, 4) is 0 Å². The number of anilines is 2. The van der Waals surface area contributed by atoms with Gasteiger partial charge < -0.3 is 4.74 Å². The number of ether oxygens (including phenoxy) is 1. The number of fused-ring (bicyclic) bond motifs is 1. The number of rotatable bonds is 7. The summed E-state index contributed by atoms with van der Waals surface area (Å²) < 4.78 is 6.48. The molecule has 0 saturated carbocycles. The molecule has 11 heteroatoms. The summed E-state index contributed by atoms with van der Waals surface area (Å²) in [6.07, 6.45) is 2.42. The summed E-state index contributed by atoms with van der Waals surface area (Å²) in [4.78, 5) is 49.4. The van der Waals surface area contributed by atoms with Crippen LogP contribution in [-0.4, -0.2) is 73.3 Å². The van der Waals surface area contributed by atoms with Crippen molar-refractivity contribution in [3.05, 3.63) is 48.0 Å². The molecule has 0 spiro atoms. The second kappa shape index (κ2) is 11.7. The van der Waals surface area contributed by atoms with Crippen LogP contribution in [0.4, 0.5) is 10.8 Å². The Morgan fingerprint density at radius 1 is 1.11 bits per heavy atom. The van der Waals surface area contributed by atoms with Gasteiger partial charge in [-0.05, 0) is 36.6 Å². The zero-order chi connectivity index (χ0) is 24.4. The summed E-state index contributed by atoms with van der Waals surface area (Å²) in [5.41, 5.74) is 1.75. The summed E-state index contributed by atoms with van der Waals surface area (Å²) in [5.74, 6) is -0.678. The molecule has 3 aromatic rings. The molecule has 8 nitrogen and oxygen atoms in total. The standard InChI is InChI=1S/C25H26N4O4S2.ClH/c1-34-19-6-3-7-20-23(19)26-25(35-20)28(11-10-27-12-14-33-15-13-27)24(32)17-4-2-5-18(16-17)29-21(30)8-9-22(29)31;/h2-7,16H,8-15H2,1H3;1H. The molecule has 0 aliphatic carbocycles. The van der Waals surface area contributed by atoms with Crippen LogP contribution in [0.5, 0.6) is 0 Å². The number of para-hydroxylation sites is 1. The van der Waals surface area contributed by atoms with E-state index in [4.69, 9.17) is 9.72 Å². The Morgan fingerprint density at radius 2 is 1.83 bits per heavy atom. The highest BCUT2D eigenvalue weighted by Gasteiger charge is 2.31. The highest BCUT2D eigenvalue weighted by Crippen LogP contribution is 2.35. The zero-order valence-electron chi connectivity index (χ0n) is 19.8. The van der Waals surface area contributed by atoms with Crippen LogP contribution >= 0.6 is 35.5 Å². The molecule has 3 heterocycles.